The van der Waals surface area contributed by atoms with Crippen LogP contribution < -0.4 is 20.5 Å². The first kappa shape index (κ1) is 24.5. The minimum absolute atomic E-state index is 0.0856. The fourth-order valence-electron chi connectivity index (χ4n) is 5.50. The van der Waals surface area contributed by atoms with Gasteiger partial charge in [0.15, 0.2) is 0 Å². The summed E-state index contributed by atoms with van der Waals surface area (Å²) >= 11 is 0. The van der Waals surface area contributed by atoms with Crippen molar-refractivity contribution in [3.05, 3.63) is 53.7 Å². The molecule has 10 heteroatoms. The number of nitrogens with zero attached hydrogens (tertiary/aromatic N) is 4. The van der Waals surface area contributed by atoms with E-state index in [1.165, 1.54) is 6.92 Å². The molecular weight excluding hydrogens is 460 g/mol. The van der Waals surface area contributed by atoms with Gasteiger partial charge in [-0.25, -0.2) is 9.78 Å². The van der Waals surface area contributed by atoms with Gasteiger partial charge in [-0.2, -0.15) is 0 Å². The van der Waals surface area contributed by atoms with Crippen LogP contribution in [-0.4, -0.2) is 83.3 Å². The van der Waals surface area contributed by atoms with Crippen molar-refractivity contribution in [2.45, 2.75) is 43.9 Å². The lowest BCUT2D eigenvalue weighted by Crippen LogP contribution is -2.56. The van der Waals surface area contributed by atoms with Crippen LogP contribution in [0.5, 0.6) is 5.75 Å². The molecule has 3 aliphatic rings. The summed E-state index contributed by atoms with van der Waals surface area (Å²) in [5, 5.41) is 9.77. The number of benzene rings is 1. The van der Waals surface area contributed by atoms with Gasteiger partial charge < -0.3 is 19.6 Å². The average Bonchev–Trinajstić information content (AvgIpc) is 3.53. The summed E-state index contributed by atoms with van der Waals surface area (Å²) in [7, 11) is 1.63. The lowest BCUT2D eigenvalue weighted by atomic mass is 9.86. The molecule has 3 N–H and O–H groups in total. The summed E-state index contributed by atoms with van der Waals surface area (Å²) in [5.41, 5.74) is 7.96. The summed E-state index contributed by atoms with van der Waals surface area (Å²) in [6.07, 6.45) is 2.11. The molecule has 10 nitrogen and oxygen atoms in total. The number of hydrazine groups is 1. The number of aliphatic hydroxyl groups excluding tert-OH is 1. The average molecular weight is 495 g/mol. The minimum atomic E-state index is -1.03. The predicted molar refractivity (Wildman–Crippen MR) is 134 cm³/mol. The number of ether oxygens (including phenoxy) is 1. The largest absolute Gasteiger partial charge is 0.497 e. The van der Waals surface area contributed by atoms with Crippen molar-refractivity contribution < 1.29 is 19.4 Å². The molecule has 4 heterocycles. The molecule has 1 atom stereocenters. The van der Waals surface area contributed by atoms with Gasteiger partial charge in [0.1, 0.15) is 17.7 Å². The zero-order chi connectivity index (χ0) is 25.3. The van der Waals surface area contributed by atoms with Crippen LogP contribution in [0.25, 0.3) is 0 Å². The molecule has 36 heavy (non-hydrogen) atoms. The first-order chi connectivity index (χ1) is 17.4. The van der Waals surface area contributed by atoms with Gasteiger partial charge in [-0.05, 0) is 49.1 Å². The van der Waals surface area contributed by atoms with Crippen LogP contribution >= 0.6 is 0 Å². The first-order valence-corrected chi connectivity index (χ1v) is 12.5. The van der Waals surface area contributed by atoms with Crippen LogP contribution in [0.4, 0.5) is 10.6 Å². The molecule has 1 unspecified atom stereocenters. The van der Waals surface area contributed by atoms with Crippen molar-refractivity contribution in [1.82, 2.24) is 25.6 Å². The minimum Gasteiger partial charge on any atom is -0.497 e. The fourth-order valence-corrected chi connectivity index (χ4v) is 5.50. The molecule has 0 bridgehead atoms. The Labute approximate surface area is 211 Å². The van der Waals surface area contributed by atoms with Gasteiger partial charge in [-0.3, -0.25) is 20.5 Å². The molecule has 5 rings (SSSR count). The van der Waals surface area contributed by atoms with E-state index in [0.717, 1.165) is 30.0 Å². The van der Waals surface area contributed by atoms with E-state index >= 15 is 0 Å². The Morgan fingerprint density at radius 2 is 1.97 bits per heavy atom. The fraction of sp³-hybridized carbons (Fsp3) is 0.500. The SMILES string of the molecule is COc1cccc(CN2C(=O)N(c3ccc(C4CNNC4)cn3)CC23CCN(C(=O)C(C)O)CC3)c1. The zero-order valence-electron chi connectivity index (χ0n) is 20.8. The normalized spacial score (nSPS) is 20.9. The number of hydrogen-bond donors (Lipinski definition) is 3. The highest BCUT2D eigenvalue weighted by Crippen LogP contribution is 2.39. The number of anilines is 1. The molecule has 3 aliphatic heterocycles. The van der Waals surface area contributed by atoms with Crippen LogP contribution in [-0.2, 0) is 11.3 Å². The third-order valence-electron chi connectivity index (χ3n) is 7.67. The second kappa shape index (κ2) is 10.0. The molecule has 0 aliphatic carbocycles. The van der Waals surface area contributed by atoms with E-state index < -0.39 is 11.6 Å². The lowest BCUT2D eigenvalue weighted by molar-refractivity contribution is -0.141. The van der Waals surface area contributed by atoms with Gasteiger partial charge in [0.2, 0.25) is 0 Å². The van der Waals surface area contributed by atoms with E-state index in [-0.39, 0.29) is 11.9 Å². The number of rotatable bonds is 6. The van der Waals surface area contributed by atoms with E-state index in [4.69, 9.17) is 4.74 Å². The van der Waals surface area contributed by atoms with Crippen LogP contribution in [0, 0.1) is 0 Å². The van der Waals surface area contributed by atoms with Crippen molar-refractivity contribution in [1.29, 1.82) is 0 Å². The topological polar surface area (TPSA) is 110 Å². The molecule has 1 spiro atoms. The van der Waals surface area contributed by atoms with Crippen molar-refractivity contribution >= 4 is 17.8 Å². The smallest absolute Gasteiger partial charge is 0.326 e. The Morgan fingerprint density at radius 1 is 1.22 bits per heavy atom. The Balaban J connectivity index is 1.40. The molecule has 1 aromatic heterocycles. The number of carbonyl (C=O) groups excluding carboxylic acids is 2. The summed E-state index contributed by atoms with van der Waals surface area (Å²) in [5.74, 6) is 1.47. The molecule has 0 saturated carbocycles. The summed E-state index contributed by atoms with van der Waals surface area (Å²) in [6.45, 7) is 5.13. The second-order valence-corrected chi connectivity index (χ2v) is 9.94. The number of aliphatic hydroxyl groups is 1. The van der Waals surface area contributed by atoms with Gasteiger partial charge in [0.05, 0.1) is 19.2 Å². The summed E-state index contributed by atoms with van der Waals surface area (Å²) in [4.78, 5) is 36.3. The highest BCUT2D eigenvalue weighted by molar-refractivity contribution is 5.94. The number of nitrogens with one attached hydrogen (secondary N) is 2. The Kier molecular flexibility index (Phi) is 6.83. The molecule has 192 valence electrons. The van der Waals surface area contributed by atoms with Gasteiger partial charge >= 0.3 is 6.03 Å². The van der Waals surface area contributed by atoms with E-state index in [0.29, 0.717) is 50.8 Å². The quantitative estimate of drug-likeness (QED) is 0.558. The number of pyridine rings is 1. The Bertz CT molecular complexity index is 1090. The number of piperidine rings is 1. The molecule has 3 amide bonds. The molecule has 3 saturated heterocycles. The first-order valence-electron chi connectivity index (χ1n) is 12.5. The molecule has 2 aromatic rings. The number of carbonyl (C=O) groups is 2. The van der Waals surface area contributed by atoms with E-state index in [1.807, 2.05) is 41.4 Å². The Hall–Kier alpha value is -3.21. The molecule has 3 fully saturated rings. The van der Waals surface area contributed by atoms with Gasteiger partial charge in [0, 0.05) is 44.8 Å². The number of amides is 3. The molecular formula is C26H34N6O4. The molecule has 0 radical (unpaired) electrons. The van der Waals surface area contributed by atoms with Gasteiger partial charge in [-0.15, -0.1) is 0 Å². The monoisotopic (exact) mass is 494 g/mol. The number of methoxy groups -OCH3 is 1. The maximum Gasteiger partial charge on any atom is 0.326 e. The highest BCUT2D eigenvalue weighted by atomic mass is 16.5. The Morgan fingerprint density at radius 3 is 2.61 bits per heavy atom. The number of likely N-dealkylation sites (tertiary alicyclic amines) is 1. The molecule has 1 aromatic carbocycles. The van der Waals surface area contributed by atoms with Crippen LogP contribution in [0.15, 0.2) is 42.6 Å². The second-order valence-electron chi connectivity index (χ2n) is 9.94. The van der Waals surface area contributed by atoms with Crippen molar-refractivity contribution in [2.75, 3.05) is 44.7 Å². The van der Waals surface area contributed by atoms with Crippen LogP contribution in [0.3, 0.4) is 0 Å². The summed E-state index contributed by atoms with van der Waals surface area (Å²) in [6, 6.07) is 11.7. The van der Waals surface area contributed by atoms with E-state index in [2.05, 4.69) is 21.9 Å². The van der Waals surface area contributed by atoms with Crippen molar-refractivity contribution in [2.24, 2.45) is 0 Å². The van der Waals surface area contributed by atoms with E-state index in [9.17, 15) is 14.7 Å². The predicted octanol–water partition coefficient (Wildman–Crippen LogP) is 1.47. The number of aromatic nitrogens is 1. The maximum absolute atomic E-state index is 13.8. The highest BCUT2D eigenvalue weighted by Gasteiger charge is 2.52. The van der Waals surface area contributed by atoms with Crippen molar-refractivity contribution in [3.8, 4) is 5.75 Å². The van der Waals surface area contributed by atoms with Crippen molar-refractivity contribution in [3.63, 3.8) is 0 Å². The van der Waals surface area contributed by atoms with E-state index in [1.54, 1.807) is 16.9 Å². The number of hydrogen-bond acceptors (Lipinski definition) is 7. The lowest BCUT2D eigenvalue weighted by Gasteiger charge is -2.44. The summed E-state index contributed by atoms with van der Waals surface area (Å²) < 4.78 is 5.39. The zero-order valence-corrected chi connectivity index (χ0v) is 20.8. The van der Waals surface area contributed by atoms with Gasteiger partial charge in [-0.1, -0.05) is 18.2 Å². The maximum atomic E-state index is 13.8. The standard InChI is InChI=1S/C26H34N6O4/c1-18(33)24(34)30-10-8-26(9-11-30)17-31(23-7-6-20(13-27-23)21-14-28-29-15-21)25(35)32(26)16-19-4-3-5-22(12-19)36-2/h3-7,12-13,18,21,28-29,33H,8-11,14-17H2,1-2H3. The third-order valence-corrected chi connectivity index (χ3v) is 7.67. The van der Waals surface area contributed by atoms with Crippen LogP contribution in [0.1, 0.15) is 36.8 Å². The third kappa shape index (κ3) is 4.63. The number of urea groups is 1. The van der Waals surface area contributed by atoms with Crippen LogP contribution in [0.2, 0.25) is 0 Å². The van der Waals surface area contributed by atoms with Gasteiger partial charge in [0.25, 0.3) is 5.91 Å².